The maximum atomic E-state index is 13.4. The van der Waals surface area contributed by atoms with Crippen LogP contribution in [-0.2, 0) is 21.4 Å². The minimum absolute atomic E-state index is 0.0802. The summed E-state index contributed by atoms with van der Waals surface area (Å²) in [5.74, 6) is -0.752. The molecule has 0 unspecified atom stereocenters. The van der Waals surface area contributed by atoms with Crippen LogP contribution in [0.15, 0.2) is 79.1 Å². The molecule has 0 spiro atoms. The van der Waals surface area contributed by atoms with E-state index in [1.807, 2.05) is 67.6 Å². The first-order valence-corrected chi connectivity index (χ1v) is 17.5. The molecule has 9 heteroatoms. The molecule has 0 radical (unpaired) electrons. The van der Waals surface area contributed by atoms with Crippen molar-refractivity contribution in [2.45, 2.75) is 97.6 Å². The van der Waals surface area contributed by atoms with Crippen LogP contribution in [0.2, 0.25) is 0 Å². The van der Waals surface area contributed by atoms with Gasteiger partial charge in [0.25, 0.3) is 5.91 Å². The van der Waals surface area contributed by atoms with Gasteiger partial charge in [-0.2, -0.15) is 0 Å². The SMILES string of the molecule is CCCCCCCOc1ccc(-c2cnc(-c3ccc(C[C@H](NC(=O)c4ccc(C(C)(C)C)cc4C)C(=O)N[C@H](C)C(=O)O)cc3)nc2)cc1. The van der Waals surface area contributed by atoms with Crippen molar-refractivity contribution in [3.63, 3.8) is 0 Å². The van der Waals surface area contributed by atoms with E-state index in [2.05, 4.69) is 48.3 Å². The van der Waals surface area contributed by atoms with E-state index in [0.29, 0.717) is 11.4 Å². The zero-order valence-corrected chi connectivity index (χ0v) is 30.1. The summed E-state index contributed by atoms with van der Waals surface area (Å²) in [6.07, 6.45) is 9.73. The number of aryl methyl sites for hydroxylation is 1. The highest BCUT2D eigenvalue weighted by molar-refractivity contribution is 5.99. The Bertz CT molecular complexity index is 1730. The molecule has 2 amide bonds. The molecule has 0 aliphatic rings. The number of carbonyl (C=O) groups excluding carboxylic acids is 2. The lowest BCUT2D eigenvalue weighted by Gasteiger charge is -2.22. The Kier molecular flexibility index (Phi) is 13.3. The van der Waals surface area contributed by atoms with Crippen LogP contribution in [-0.4, -0.2) is 51.5 Å². The standard InChI is InChI=1S/C41H50N4O5/c1-7-8-9-10-11-22-50-34-19-16-30(17-20-34)32-25-42-37(43-26-32)31-14-12-29(13-15-31)24-36(39(47)44-28(3)40(48)49)45-38(46)35-21-18-33(23-27(35)2)41(4,5)6/h12-21,23,25-26,28,36H,7-11,22,24H2,1-6H3,(H,44,47)(H,45,46)(H,48,49)/t28-,36+/m1/s1. The van der Waals surface area contributed by atoms with Crippen LogP contribution in [0.3, 0.4) is 0 Å². The van der Waals surface area contributed by atoms with Gasteiger partial charge in [0.15, 0.2) is 5.82 Å². The van der Waals surface area contributed by atoms with Crippen LogP contribution in [0.5, 0.6) is 5.75 Å². The van der Waals surface area contributed by atoms with Gasteiger partial charge < -0.3 is 20.5 Å². The van der Waals surface area contributed by atoms with Gasteiger partial charge in [0.1, 0.15) is 17.8 Å². The van der Waals surface area contributed by atoms with E-state index in [0.717, 1.165) is 52.2 Å². The lowest BCUT2D eigenvalue weighted by Crippen LogP contribution is -2.51. The molecule has 4 aromatic rings. The van der Waals surface area contributed by atoms with Crippen molar-refractivity contribution in [2.75, 3.05) is 6.61 Å². The van der Waals surface area contributed by atoms with E-state index in [4.69, 9.17) is 4.74 Å². The molecule has 1 heterocycles. The number of hydrogen-bond acceptors (Lipinski definition) is 6. The highest BCUT2D eigenvalue weighted by Crippen LogP contribution is 2.26. The molecule has 0 aliphatic carbocycles. The lowest BCUT2D eigenvalue weighted by atomic mass is 9.85. The van der Waals surface area contributed by atoms with Crippen molar-refractivity contribution in [3.8, 4) is 28.3 Å². The molecule has 4 rings (SSSR count). The predicted molar refractivity (Wildman–Crippen MR) is 197 cm³/mol. The Morgan fingerprint density at radius 2 is 1.46 bits per heavy atom. The third-order valence-corrected chi connectivity index (χ3v) is 8.70. The molecule has 3 N–H and O–H groups in total. The van der Waals surface area contributed by atoms with Gasteiger partial charge in [-0.15, -0.1) is 0 Å². The van der Waals surface area contributed by atoms with Crippen LogP contribution >= 0.6 is 0 Å². The van der Waals surface area contributed by atoms with Gasteiger partial charge in [0.05, 0.1) is 6.61 Å². The highest BCUT2D eigenvalue weighted by atomic mass is 16.5. The van der Waals surface area contributed by atoms with Crippen LogP contribution < -0.4 is 15.4 Å². The topological polar surface area (TPSA) is 131 Å². The maximum absolute atomic E-state index is 13.4. The molecule has 0 saturated heterocycles. The number of hydrogen-bond donors (Lipinski definition) is 3. The third kappa shape index (κ3) is 10.7. The number of rotatable bonds is 16. The summed E-state index contributed by atoms with van der Waals surface area (Å²) in [4.78, 5) is 47.2. The Balaban J connectivity index is 1.42. The zero-order valence-electron chi connectivity index (χ0n) is 30.1. The van der Waals surface area contributed by atoms with Crippen LogP contribution in [0.4, 0.5) is 0 Å². The first-order valence-electron chi connectivity index (χ1n) is 17.5. The molecule has 0 aliphatic heterocycles. The van der Waals surface area contributed by atoms with Gasteiger partial charge in [0, 0.05) is 35.5 Å². The number of carboxylic acid groups (broad SMARTS) is 1. The monoisotopic (exact) mass is 678 g/mol. The van der Waals surface area contributed by atoms with E-state index in [-0.39, 0.29) is 11.8 Å². The minimum Gasteiger partial charge on any atom is -0.494 e. The Hall–Kier alpha value is -5.05. The van der Waals surface area contributed by atoms with Gasteiger partial charge >= 0.3 is 5.97 Å². The normalized spacial score (nSPS) is 12.5. The second-order valence-corrected chi connectivity index (χ2v) is 13.9. The van der Waals surface area contributed by atoms with Crippen LogP contribution in [0, 0.1) is 6.92 Å². The molecular weight excluding hydrogens is 628 g/mol. The third-order valence-electron chi connectivity index (χ3n) is 8.70. The molecular formula is C41H50N4O5. The van der Waals surface area contributed by atoms with Gasteiger partial charge in [0.2, 0.25) is 5.91 Å². The second-order valence-electron chi connectivity index (χ2n) is 13.9. The number of nitrogens with zero attached hydrogens (tertiary/aromatic N) is 2. The summed E-state index contributed by atoms with van der Waals surface area (Å²) < 4.78 is 5.89. The Morgan fingerprint density at radius 1 is 0.820 bits per heavy atom. The summed E-state index contributed by atoms with van der Waals surface area (Å²) in [6.45, 7) is 12.5. The first kappa shape index (κ1) is 37.8. The van der Waals surface area contributed by atoms with Gasteiger partial charge in [-0.1, -0.05) is 102 Å². The number of aliphatic carboxylic acids is 1. The van der Waals surface area contributed by atoms with Crippen molar-refractivity contribution < 1.29 is 24.2 Å². The molecule has 0 saturated carbocycles. The molecule has 0 fully saturated rings. The summed E-state index contributed by atoms with van der Waals surface area (Å²) in [6, 6.07) is 18.9. The molecule has 9 nitrogen and oxygen atoms in total. The fraction of sp³-hybridized carbons (Fsp3) is 0.390. The first-order chi connectivity index (χ1) is 23.8. The minimum atomic E-state index is -1.16. The average molecular weight is 679 g/mol. The largest absolute Gasteiger partial charge is 0.494 e. The predicted octanol–water partition coefficient (Wildman–Crippen LogP) is 7.70. The molecule has 50 heavy (non-hydrogen) atoms. The number of unbranched alkanes of at least 4 members (excludes halogenated alkanes) is 4. The quantitative estimate of drug-likeness (QED) is 0.104. The molecule has 0 bridgehead atoms. The Labute approximate surface area is 295 Å². The summed E-state index contributed by atoms with van der Waals surface area (Å²) in [5, 5.41) is 14.7. The molecule has 264 valence electrons. The van der Waals surface area contributed by atoms with Crippen LogP contribution in [0.1, 0.15) is 93.8 Å². The Morgan fingerprint density at radius 3 is 2.06 bits per heavy atom. The van der Waals surface area contributed by atoms with Crippen molar-refractivity contribution in [1.29, 1.82) is 0 Å². The molecule has 3 aromatic carbocycles. The molecule has 1 aromatic heterocycles. The molecule has 2 atom stereocenters. The smallest absolute Gasteiger partial charge is 0.325 e. The van der Waals surface area contributed by atoms with Crippen LogP contribution in [0.25, 0.3) is 22.5 Å². The number of amides is 2. The summed E-state index contributed by atoms with van der Waals surface area (Å²) in [5.41, 5.74) is 5.71. The number of ether oxygens (including phenoxy) is 1. The summed E-state index contributed by atoms with van der Waals surface area (Å²) in [7, 11) is 0. The highest BCUT2D eigenvalue weighted by Gasteiger charge is 2.26. The maximum Gasteiger partial charge on any atom is 0.325 e. The lowest BCUT2D eigenvalue weighted by molar-refractivity contribution is -0.141. The van der Waals surface area contributed by atoms with E-state index in [1.54, 1.807) is 18.5 Å². The fourth-order valence-corrected chi connectivity index (χ4v) is 5.50. The van der Waals surface area contributed by atoms with Crippen molar-refractivity contribution in [1.82, 2.24) is 20.6 Å². The second kappa shape index (κ2) is 17.6. The zero-order chi connectivity index (χ0) is 36.3. The average Bonchev–Trinajstić information content (AvgIpc) is 3.09. The van der Waals surface area contributed by atoms with E-state index in [9.17, 15) is 19.5 Å². The van der Waals surface area contributed by atoms with Gasteiger partial charge in [-0.25, -0.2) is 9.97 Å². The number of aromatic nitrogens is 2. The summed E-state index contributed by atoms with van der Waals surface area (Å²) >= 11 is 0. The number of benzene rings is 3. The number of nitrogens with one attached hydrogen (secondary N) is 2. The number of carbonyl (C=O) groups is 3. The van der Waals surface area contributed by atoms with Crippen molar-refractivity contribution in [3.05, 3.63) is 101 Å². The van der Waals surface area contributed by atoms with Crippen molar-refractivity contribution >= 4 is 17.8 Å². The fourth-order valence-electron chi connectivity index (χ4n) is 5.50. The van der Waals surface area contributed by atoms with E-state index >= 15 is 0 Å². The van der Waals surface area contributed by atoms with E-state index < -0.39 is 29.9 Å². The van der Waals surface area contributed by atoms with Gasteiger partial charge in [-0.05, 0) is 66.1 Å². The van der Waals surface area contributed by atoms with Crippen molar-refractivity contribution in [2.24, 2.45) is 0 Å². The number of carboxylic acids is 1. The van der Waals surface area contributed by atoms with Gasteiger partial charge in [-0.3, -0.25) is 14.4 Å². The van der Waals surface area contributed by atoms with E-state index in [1.165, 1.54) is 32.6 Å².